The van der Waals surface area contributed by atoms with Crippen molar-refractivity contribution in [1.82, 2.24) is 9.80 Å². The van der Waals surface area contributed by atoms with Crippen LogP contribution in [0, 0.1) is 0 Å². The summed E-state index contributed by atoms with van der Waals surface area (Å²) in [7, 11) is 0. The Kier molecular flexibility index (Phi) is 5.20. The van der Waals surface area contributed by atoms with Crippen LogP contribution in [0.3, 0.4) is 0 Å². The van der Waals surface area contributed by atoms with Crippen molar-refractivity contribution in [3.63, 3.8) is 0 Å². The smallest absolute Gasteiger partial charge is 0.410 e. The zero-order chi connectivity index (χ0) is 18.0. The van der Waals surface area contributed by atoms with E-state index in [1.165, 1.54) is 0 Å². The first-order chi connectivity index (χ1) is 11.8. The monoisotopic (exact) mass is 348 g/mol. The Morgan fingerprint density at radius 3 is 2.56 bits per heavy atom. The minimum Gasteiger partial charge on any atom is -0.493 e. The van der Waals surface area contributed by atoms with E-state index >= 15 is 0 Å². The Morgan fingerprint density at radius 1 is 1.20 bits per heavy atom. The van der Waals surface area contributed by atoms with Crippen LogP contribution in [0.5, 0.6) is 5.75 Å². The fourth-order valence-corrected chi connectivity index (χ4v) is 3.46. The fraction of sp³-hybridized carbons (Fsp3) is 0.632. The van der Waals surface area contributed by atoms with Crippen molar-refractivity contribution >= 4 is 6.09 Å². The predicted octanol–water partition coefficient (Wildman–Crippen LogP) is 2.42. The normalized spacial score (nSPS) is 24.9. The molecule has 0 saturated carbocycles. The molecule has 1 aromatic carbocycles. The summed E-state index contributed by atoms with van der Waals surface area (Å²) in [5, 5.41) is 10.6. The molecule has 1 saturated heterocycles. The number of nitrogens with zero attached hydrogens (tertiary/aromatic N) is 2. The molecule has 6 heteroatoms. The molecule has 2 atom stereocenters. The minimum absolute atomic E-state index is 0.0977. The van der Waals surface area contributed by atoms with Crippen LogP contribution >= 0.6 is 0 Å². The number of benzene rings is 1. The van der Waals surface area contributed by atoms with Crippen molar-refractivity contribution in [3.05, 3.63) is 29.8 Å². The Balaban J connectivity index is 1.69. The fourth-order valence-electron chi connectivity index (χ4n) is 3.46. The van der Waals surface area contributed by atoms with Gasteiger partial charge in [-0.25, -0.2) is 4.79 Å². The molecule has 2 unspecified atom stereocenters. The number of carbonyl (C=O) groups is 1. The predicted molar refractivity (Wildman–Crippen MR) is 94.7 cm³/mol. The van der Waals surface area contributed by atoms with E-state index in [1.807, 2.05) is 45.0 Å². The molecule has 0 spiro atoms. The molecule has 0 radical (unpaired) electrons. The Morgan fingerprint density at radius 2 is 1.88 bits per heavy atom. The van der Waals surface area contributed by atoms with Crippen LogP contribution in [0.15, 0.2) is 24.3 Å². The van der Waals surface area contributed by atoms with E-state index in [0.29, 0.717) is 39.2 Å². The number of hydrogen-bond acceptors (Lipinski definition) is 5. The molecule has 2 aliphatic heterocycles. The topological polar surface area (TPSA) is 62.2 Å². The highest BCUT2D eigenvalue weighted by atomic mass is 16.6. The summed E-state index contributed by atoms with van der Waals surface area (Å²) < 4.78 is 11.2. The van der Waals surface area contributed by atoms with Gasteiger partial charge in [-0.15, -0.1) is 0 Å². The number of fused-ring (bicyclic) bond motifs is 1. The lowest BCUT2D eigenvalue weighted by Crippen LogP contribution is -2.52. The molecule has 1 N–H and O–H groups in total. The van der Waals surface area contributed by atoms with E-state index in [0.717, 1.165) is 11.3 Å². The zero-order valence-electron chi connectivity index (χ0n) is 15.3. The zero-order valence-corrected chi connectivity index (χ0v) is 15.3. The van der Waals surface area contributed by atoms with Crippen LogP contribution in [-0.2, 0) is 4.74 Å². The average Bonchev–Trinajstić information content (AvgIpc) is 2.71. The molecule has 3 rings (SSSR count). The number of para-hydroxylation sites is 1. The van der Waals surface area contributed by atoms with E-state index in [-0.39, 0.29) is 12.1 Å². The van der Waals surface area contributed by atoms with Crippen LogP contribution in [-0.4, -0.2) is 65.5 Å². The van der Waals surface area contributed by atoms with Crippen molar-refractivity contribution in [2.24, 2.45) is 0 Å². The Hall–Kier alpha value is -1.79. The lowest BCUT2D eigenvalue weighted by atomic mass is 9.97. The number of piperazine rings is 1. The van der Waals surface area contributed by atoms with Crippen LogP contribution in [0.4, 0.5) is 4.79 Å². The van der Waals surface area contributed by atoms with Gasteiger partial charge in [0, 0.05) is 38.2 Å². The Labute approximate surface area is 149 Å². The summed E-state index contributed by atoms with van der Waals surface area (Å²) in [5.41, 5.74) is 0.542. The third kappa shape index (κ3) is 4.25. The molecular formula is C19H28N2O4. The summed E-state index contributed by atoms with van der Waals surface area (Å²) in [4.78, 5) is 16.2. The summed E-state index contributed by atoms with van der Waals surface area (Å²) >= 11 is 0. The number of carbonyl (C=O) groups excluding carboxylic acids is 1. The number of ether oxygens (including phenoxy) is 2. The van der Waals surface area contributed by atoms with Crippen molar-refractivity contribution in [1.29, 1.82) is 0 Å². The van der Waals surface area contributed by atoms with Crippen LogP contribution in [0.1, 0.15) is 38.8 Å². The number of aliphatic hydroxyl groups is 1. The van der Waals surface area contributed by atoms with E-state index in [2.05, 4.69) is 4.90 Å². The molecule has 1 amide bonds. The molecule has 25 heavy (non-hydrogen) atoms. The highest BCUT2D eigenvalue weighted by molar-refractivity contribution is 5.68. The lowest BCUT2D eigenvalue weighted by molar-refractivity contribution is -0.00659. The van der Waals surface area contributed by atoms with Crippen molar-refractivity contribution in [2.75, 3.05) is 32.8 Å². The van der Waals surface area contributed by atoms with Gasteiger partial charge in [-0.3, -0.25) is 4.90 Å². The second-order valence-corrected chi connectivity index (χ2v) is 7.69. The van der Waals surface area contributed by atoms with E-state index in [1.54, 1.807) is 4.90 Å². The minimum atomic E-state index is -0.484. The van der Waals surface area contributed by atoms with Crippen molar-refractivity contribution in [3.8, 4) is 5.75 Å². The maximum absolute atomic E-state index is 12.2. The van der Waals surface area contributed by atoms with Gasteiger partial charge < -0.3 is 19.5 Å². The van der Waals surface area contributed by atoms with Gasteiger partial charge in [0.05, 0.1) is 18.8 Å². The first kappa shape index (κ1) is 18.0. The largest absolute Gasteiger partial charge is 0.493 e. The van der Waals surface area contributed by atoms with Crippen LogP contribution < -0.4 is 4.74 Å². The van der Waals surface area contributed by atoms with Gasteiger partial charge in [0.2, 0.25) is 0 Å². The number of aliphatic hydroxyl groups excluding tert-OH is 1. The summed E-state index contributed by atoms with van der Waals surface area (Å²) in [6.45, 7) is 8.75. The van der Waals surface area contributed by atoms with Gasteiger partial charge in [-0.2, -0.15) is 0 Å². The number of amides is 1. The standard InChI is InChI=1S/C19H28N2O4/c1-19(2,3)25-18(23)21-11-9-20(10-12-21)17-14-6-4-5-7-16(14)24-13-8-15(17)22/h4-7,15,17,22H,8-13H2,1-3H3. The number of rotatable bonds is 1. The summed E-state index contributed by atoms with van der Waals surface area (Å²) in [6.07, 6.45) is -0.139. The molecule has 1 fully saturated rings. The molecule has 0 aromatic heterocycles. The molecule has 0 aliphatic carbocycles. The van der Waals surface area contributed by atoms with Crippen LogP contribution in [0.25, 0.3) is 0 Å². The van der Waals surface area contributed by atoms with E-state index in [4.69, 9.17) is 9.47 Å². The van der Waals surface area contributed by atoms with Gasteiger partial charge >= 0.3 is 6.09 Å². The molecule has 2 aliphatic rings. The second-order valence-electron chi connectivity index (χ2n) is 7.69. The third-order valence-corrected chi connectivity index (χ3v) is 4.63. The first-order valence-corrected chi connectivity index (χ1v) is 8.97. The van der Waals surface area contributed by atoms with Gasteiger partial charge in [0.15, 0.2) is 0 Å². The summed E-state index contributed by atoms with van der Waals surface area (Å²) in [6, 6.07) is 7.81. The highest BCUT2D eigenvalue weighted by Crippen LogP contribution is 2.36. The van der Waals surface area contributed by atoms with Crippen molar-refractivity contribution < 1.29 is 19.4 Å². The maximum atomic E-state index is 12.2. The molecule has 1 aromatic rings. The van der Waals surface area contributed by atoms with Gasteiger partial charge in [-0.1, -0.05) is 18.2 Å². The Bertz CT molecular complexity index is 606. The van der Waals surface area contributed by atoms with Crippen LogP contribution in [0.2, 0.25) is 0 Å². The molecule has 138 valence electrons. The van der Waals surface area contributed by atoms with Gasteiger partial charge in [0.1, 0.15) is 11.4 Å². The van der Waals surface area contributed by atoms with Crippen molar-refractivity contribution in [2.45, 2.75) is 44.9 Å². The number of hydrogen-bond donors (Lipinski definition) is 1. The SMILES string of the molecule is CC(C)(C)OC(=O)N1CCN(C2c3ccccc3OCCC2O)CC1. The second kappa shape index (κ2) is 7.22. The summed E-state index contributed by atoms with van der Waals surface area (Å²) in [5.74, 6) is 0.846. The quantitative estimate of drug-likeness (QED) is 0.844. The molecule has 0 bridgehead atoms. The maximum Gasteiger partial charge on any atom is 0.410 e. The molecular weight excluding hydrogens is 320 g/mol. The third-order valence-electron chi connectivity index (χ3n) is 4.63. The van der Waals surface area contributed by atoms with E-state index in [9.17, 15) is 9.90 Å². The van der Waals surface area contributed by atoms with Gasteiger partial charge in [0.25, 0.3) is 0 Å². The highest BCUT2D eigenvalue weighted by Gasteiger charge is 2.35. The first-order valence-electron chi connectivity index (χ1n) is 8.97. The average molecular weight is 348 g/mol. The lowest BCUT2D eigenvalue weighted by Gasteiger charge is -2.40. The van der Waals surface area contributed by atoms with E-state index < -0.39 is 11.7 Å². The molecule has 2 heterocycles. The van der Waals surface area contributed by atoms with Gasteiger partial charge in [-0.05, 0) is 26.8 Å². The molecule has 6 nitrogen and oxygen atoms in total.